The highest BCUT2D eigenvalue weighted by molar-refractivity contribution is 6.04. The predicted octanol–water partition coefficient (Wildman–Crippen LogP) is 5.83. The van der Waals surface area contributed by atoms with Crippen LogP contribution < -0.4 is 4.74 Å². The van der Waals surface area contributed by atoms with E-state index in [2.05, 4.69) is 11.9 Å². The number of esters is 1. The molecule has 0 spiro atoms. The van der Waals surface area contributed by atoms with Crippen LogP contribution in [0, 0.1) is 0 Å². The maximum Gasteiger partial charge on any atom is 0.360 e. The van der Waals surface area contributed by atoms with Crippen molar-refractivity contribution in [1.29, 1.82) is 0 Å². The van der Waals surface area contributed by atoms with Crippen LogP contribution in [0.5, 0.6) is 5.75 Å². The molecule has 0 aliphatic rings. The van der Waals surface area contributed by atoms with E-state index in [-0.39, 0.29) is 5.69 Å². The summed E-state index contributed by atoms with van der Waals surface area (Å²) in [5, 5.41) is 1.67. The summed E-state index contributed by atoms with van der Waals surface area (Å²) < 4.78 is 11.7. The zero-order chi connectivity index (χ0) is 21.5. The van der Waals surface area contributed by atoms with Crippen molar-refractivity contribution >= 4 is 16.7 Å². The van der Waals surface area contributed by atoms with Crippen molar-refractivity contribution in [3.63, 3.8) is 0 Å². The number of carbonyl (C=O) groups is 1. The van der Waals surface area contributed by atoms with Gasteiger partial charge in [0, 0.05) is 17.0 Å². The zero-order valence-corrected chi connectivity index (χ0v) is 17.5. The summed E-state index contributed by atoms with van der Waals surface area (Å²) >= 11 is 0. The molecule has 0 bridgehead atoms. The maximum absolute atomic E-state index is 13.0. The van der Waals surface area contributed by atoms with Crippen LogP contribution in [-0.2, 0) is 11.3 Å². The summed E-state index contributed by atoms with van der Waals surface area (Å²) in [6.07, 6.45) is 3.45. The van der Waals surface area contributed by atoms with Gasteiger partial charge in [-0.2, -0.15) is 0 Å². The lowest BCUT2D eigenvalue weighted by atomic mass is 10.0. The molecule has 0 atom stereocenters. The Labute approximate surface area is 181 Å². The minimum atomic E-state index is -0.487. The maximum atomic E-state index is 13.0. The molecule has 4 rings (SSSR count). The van der Waals surface area contributed by atoms with Crippen molar-refractivity contribution in [2.45, 2.75) is 26.4 Å². The summed E-state index contributed by atoms with van der Waals surface area (Å²) in [5.41, 5.74) is 2.50. The van der Waals surface area contributed by atoms with Gasteiger partial charge in [0.1, 0.15) is 6.61 Å². The highest BCUT2D eigenvalue weighted by atomic mass is 16.5. The number of carbonyl (C=O) groups excluding carboxylic acids is 1. The molecule has 5 nitrogen and oxygen atoms in total. The van der Waals surface area contributed by atoms with Crippen molar-refractivity contribution in [2.24, 2.45) is 0 Å². The second kappa shape index (κ2) is 9.85. The van der Waals surface area contributed by atoms with Crippen molar-refractivity contribution in [3.05, 3.63) is 90.3 Å². The van der Waals surface area contributed by atoms with E-state index in [0.29, 0.717) is 30.4 Å². The van der Waals surface area contributed by atoms with E-state index in [1.165, 1.54) is 0 Å². The number of benzene rings is 2. The normalized spacial score (nSPS) is 10.7. The van der Waals surface area contributed by atoms with Gasteiger partial charge in [0.2, 0.25) is 0 Å². The summed E-state index contributed by atoms with van der Waals surface area (Å²) in [4.78, 5) is 22.1. The molecule has 2 heterocycles. The average molecular weight is 412 g/mol. The molecule has 0 unspecified atom stereocenters. The van der Waals surface area contributed by atoms with Gasteiger partial charge in [-0.1, -0.05) is 74.0 Å². The van der Waals surface area contributed by atoms with Crippen molar-refractivity contribution in [1.82, 2.24) is 9.97 Å². The molecule has 0 aliphatic carbocycles. The Hall–Kier alpha value is -3.73. The van der Waals surface area contributed by atoms with E-state index in [0.717, 1.165) is 29.2 Å². The summed E-state index contributed by atoms with van der Waals surface area (Å²) in [7, 11) is 0. The van der Waals surface area contributed by atoms with Gasteiger partial charge in [-0.05, 0) is 24.1 Å². The Morgan fingerprint density at radius 3 is 2.39 bits per heavy atom. The van der Waals surface area contributed by atoms with Crippen LogP contribution in [-0.4, -0.2) is 22.5 Å². The number of pyridine rings is 2. The van der Waals surface area contributed by atoms with E-state index in [1.54, 1.807) is 6.20 Å². The fraction of sp³-hybridized carbons (Fsp3) is 0.192. The molecule has 0 saturated carbocycles. The molecule has 0 aliphatic heterocycles. The average Bonchev–Trinajstić information content (AvgIpc) is 2.83. The van der Waals surface area contributed by atoms with E-state index < -0.39 is 5.97 Å². The van der Waals surface area contributed by atoms with Crippen molar-refractivity contribution < 1.29 is 14.3 Å². The molecule has 2 aromatic heterocycles. The summed E-state index contributed by atoms with van der Waals surface area (Å²) in [5.74, 6) is -0.0555. The lowest BCUT2D eigenvalue weighted by molar-refractivity contribution is 0.0488. The SMILES string of the molecule is CCCCOC(=O)c1nc(-c2ccccn2)c2ccccc2c1OCc1ccccc1. The molecule has 0 fully saturated rings. The first kappa shape index (κ1) is 20.5. The highest BCUT2D eigenvalue weighted by Crippen LogP contribution is 2.35. The minimum absolute atomic E-state index is 0.173. The predicted molar refractivity (Wildman–Crippen MR) is 121 cm³/mol. The Bertz CT molecular complexity index is 1160. The third kappa shape index (κ3) is 4.72. The number of hydrogen-bond acceptors (Lipinski definition) is 5. The van der Waals surface area contributed by atoms with Gasteiger partial charge in [0.05, 0.1) is 18.0 Å². The molecular weight excluding hydrogens is 388 g/mol. The topological polar surface area (TPSA) is 61.3 Å². The number of unbranched alkanes of at least 4 members (excludes halogenated alkanes) is 1. The van der Waals surface area contributed by atoms with Crippen LogP contribution in [0.2, 0.25) is 0 Å². The standard InChI is InChI=1S/C26H24N2O3/c1-2-3-17-30-26(29)24-25(31-18-19-11-5-4-6-12-19)21-14-8-7-13-20(21)23(28-24)22-15-9-10-16-27-22/h4-16H,2-3,17-18H2,1H3. The van der Waals surface area contributed by atoms with Gasteiger partial charge in [0.25, 0.3) is 0 Å². The van der Waals surface area contributed by atoms with Gasteiger partial charge >= 0.3 is 5.97 Å². The molecular formula is C26H24N2O3. The molecule has 2 aromatic carbocycles. The monoisotopic (exact) mass is 412 g/mol. The first-order valence-corrected chi connectivity index (χ1v) is 10.5. The largest absolute Gasteiger partial charge is 0.486 e. The minimum Gasteiger partial charge on any atom is -0.486 e. The van der Waals surface area contributed by atoms with Gasteiger partial charge in [-0.15, -0.1) is 0 Å². The van der Waals surface area contributed by atoms with Crippen LogP contribution in [0.3, 0.4) is 0 Å². The Kier molecular flexibility index (Phi) is 6.53. The number of hydrogen-bond donors (Lipinski definition) is 0. The molecule has 4 aromatic rings. The molecule has 0 radical (unpaired) electrons. The lowest BCUT2D eigenvalue weighted by Gasteiger charge is -2.16. The van der Waals surface area contributed by atoms with E-state index in [9.17, 15) is 4.79 Å². The van der Waals surface area contributed by atoms with Gasteiger partial charge in [0.15, 0.2) is 11.4 Å². The Balaban J connectivity index is 1.82. The number of fused-ring (bicyclic) bond motifs is 1. The van der Waals surface area contributed by atoms with E-state index >= 15 is 0 Å². The molecule has 0 amide bonds. The molecule has 156 valence electrons. The van der Waals surface area contributed by atoms with Gasteiger partial charge < -0.3 is 9.47 Å². The van der Waals surface area contributed by atoms with Crippen LogP contribution in [0.25, 0.3) is 22.2 Å². The van der Waals surface area contributed by atoms with Gasteiger partial charge in [-0.3, -0.25) is 4.98 Å². The first-order valence-electron chi connectivity index (χ1n) is 10.5. The molecule has 31 heavy (non-hydrogen) atoms. The summed E-state index contributed by atoms with van der Waals surface area (Å²) in [6, 6.07) is 23.2. The number of aromatic nitrogens is 2. The van der Waals surface area contributed by atoms with Crippen LogP contribution in [0.1, 0.15) is 35.8 Å². The van der Waals surface area contributed by atoms with Gasteiger partial charge in [-0.25, -0.2) is 9.78 Å². The number of nitrogens with zero attached hydrogens (tertiary/aromatic N) is 2. The molecule has 0 saturated heterocycles. The van der Waals surface area contributed by atoms with E-state index in [1.807, 2.05) is 72.8 Å². The highest BCUT2D eigenvalue weighted by Gasteiger charge is 2.23. The third-order valence-electron chi connectivity index (χ3n) is 4.92. The first-order chi connectivity index (χ1) is 15.3. The second-order valence-electron chi connectivity index (χ2n) is 7.16. The lowest BCUT2D eigenvalue weighted by Crippen LogP contribution is -2.13. The quantitative estimate of drug-likeness (QED) is 0.269. The number of rotatable bonds is 8. The number of ether oxygens (including phenoxy) is 2. The molecule has 0 N–H and O–H groups in total. The second-order valence-corrected chi connectivity index (χ2v) is 7.16. The smallest absolute Gasteiger partial charge is 0.360 e. The zero-order valence-electron chi connectivity index (χ0n) is 17.5. The van der Waals surface area contributed by atoms with Crippen LogP contribution in [0.15, 0.2) is 79.0 Å². The Morgan fingerprint density at radius 2 is 1.65 bits per heavy atom. The molecule has 5 heteroatoms. The third-order valence-corrected chi connectivity index (χ3v) is 4.92. The van der Waals surface area contributed by atoms with Crippen molar-refractivity contribution in [2.75, 3.05) is 6.61 Å². The van der Waals surface area contributed by atoms with Crippen molar-refractivity contribution in [3.8, 4) is 17.1 Å². The van der Waals surface area contributed by atoms with Crippen LogP contribution in [0.4, 0.5) is 0 Å². The van der Waals surface area contributed by atoms with Crippen LogP contribution >= 0.6 is 0 Å². The Morgan fingerprint density at radius 1 is 0.903 bits per heavy atom. The fourth-order valence-electron chi connectivity index (χ4n) is 3.33. The summed E-state index contributed by atoms with van der Waals surface area (Å²) in [6.45, 7) is 2.72. The van der Waals surface area contributed by atoms with E-state index in [4.69, 9.17) is 14.5 Å². The fourth-order valence-corrected chi connectivity index (χ4v) is 3.33.